The lowest BCUT2D eigenvalue weighted by Gasteiger charge is -2.29. The maximum absolute atomic E-state index is 14.0. The zero-order valence-corrected chi connectivity index (χ0v) is 25.7. The Morgan fingerprint density at radius 1 is 1.00 bits per heavy atom. The lowest BCUT2D eigenvalue weighted by Crippen LogP contribution is -3.14. The summed E-state index contributed by atoms with van der Waals surface area (Å²) in [5.74, 6) is -1.07. The van der Waals surface area contributed by atoms with Crippen LogP contribution in [-0.2, 0) is 26.3 Å². The van der Waals surface area contributed by atoms with Crippen molar-refractivity contribution in [1.29, 1.82) is 0 Å². The van der Waals surface area contributed by atoms with Crippen LogP contribution in [0.15, 0.2) is 78.4 Å². The van der Waals surface area contributed by atoms with E-state index in [0.29, 0.717) is 24.5 Å². The lowest BCUT2D eigenvalue weighted by atomic mass is 9.85. The van der Waals surface area contributed by atoms with Crippen molar-refractivity contribution in [2.75, 3.05) is 39.4 Å². The molecule has 43 heavy (non-hydrogen) atoms. The van der Waals surface area contributed by atoms with Gasteiger partial charge in [0, 0.05) is 18.5 Å². The van der Waals surface area contributed by atoms with Crippen LogP contribution in [0.3, 0.4) is 0 Å². The van der Waals surface area contributed by atoms with Crippen LogP contribution < -0.4 is 14.7 Å². The summed E-state index contributed by atoms with van der Waals surface area (Å²) in [5.41, 5.74) is 4.09. The first-order valence-electron chi connectivity index (χ1n) is 15.2. The minimum Gasteiger partial charge on any atom is -0.872 e. The highest BCUT2D eigenvalue weighted by Crippen LogP contribution is 2.40. The molecular formula is C36H42N2O5. The summed E-state index contributed by atoms with van der Waals surface area (Å²) in [6, 6.07) is 22.3. The normalized spacial score (nSPS) is 19.2. The van der Waals surface area contributed by atoms with Gasteiger partial charge in [0.05, 0.1) is 25.8 Å². The zero-order chi connectivity index (χ0) is 30.6. The standard InChI is InChI=1S/C36H42N2O5/c1-25-23-28(13-16-30(25)43-24-26-9-6-5-7-10-26)33(39)31-32(27-11-14-29(15-12-27)36(2,3)4)38(35(41)34(31)40)18-8-17-37-19-21-42-22-20-37/h5-7,9-16,23,32,39H,8,17-22,24H2,1-4H3. The highest BCUT2D eigenvalue weighted by Gasteiger charge is 2.44. The first-order valence-corrected chi connectivity index (χ1v) is 15.2. The minimum absolute atomic E-state index is 0.0181. The van der Waals surface area contributed by atoms with E-state index < -0.39 is 23.5 Å². The summed E-state index contributed by atoms with van der Waals surface area (Å²) in [4.78, 5) is 30.0. The number of hydrogen-bond donors (Lipinski definition) is 1. The second kappa shape index (κ2) is 13.1. The number of likely N-dealkylation sites (tertiary alicyclic amines) is 1. The van der Waals surface area contributed by atoms with Gasteiger partial charge in [0.1, 0.15) is 25.4 Å². The molecule has 1 unspecified atom stereocenters. The molecule has 2 saturated heterocycles. The highest BCUT2D eigenvalue weighted by molar-refractivity contribution is 6.46. The molecule has 2 heterocycles. The van der Waals surface area contributed by atoms with E-state index in [2.05, 4.69) is 20.8 Å². The third kappa shape index (κ3) is 7.00. The molecule has 7 nitrogen and oxygen atoms in total. The van der Waals surface area contributed by atoms with Gasteiger partial charge in [-0.3, -0.25) is 9.59 Å². The Kier molecular flexibility index (Phi) is 9.33. The topological polar surface area (TPSA) is 83.3 Å². The van der Waals surface area contributed by atoms with Gasteiger partial charge in [0.15, 0.2) is 0 Å². The molecule has 0 aliphatic carbocycles. The van der Waals surface area contributed by atoms with Crippen LogP contribution in [0.1, 0.15) is 61.1 Å². The van der Waals surface area contributed by atoms with Crippen LogP contribution in [-0.4, -0.2) is 56.0 Å². The number of carbonyl (C=O) groups is 2. The van der Waals surface area contributed by atoms with Crippen LogP contribution in [0.4, 0.5) is 0 Å². The monoisotopic (exact) mass is 582 g/mol. The molecule has 2 aliphatic heterocycles. The summed E-state index contributed by atoms with van der Waals surface area (Å²) < 4.78 is 11.5. The van der Waals surface area contributed by atoms with Crippen LogP contribution in [0.25, 0.3) is 5.76 Å². The number of rotatable bonds is 9. The quantitative estimate of drug-likeness (QED) is 0.238. The molecule has 1 amide bonds. The number of Topliss-reactive ketones (excluding diaryl/α,β-unsaturated/α-hetero) is 1. The third-order valence-corrected chi connectivity index (χ3v) is 8.43. The summed E-state index contributed by atoms with van der Waals surface area (Å²) in [5, 5.41) is 14.0. The predicted molar refractivity (Wildman–Crippen MR) is 164 cm³/mol. The second-order valence-electron chi connectivity index (χ2n) is 12.6. The van der Waals surface area contributed by atoms with E-state index in [4.69, 9.17) is 9.47 Å². The van der Waals surface area contributed by atoms with Crippen molar-refractivity contribution in [2.24, 2.45) is 0 Å². The largest absolute Gasteiger partial charge is 0.872 e. The number of nitrogens with zero attached hydrogens (tertiary/aromatic N) is 1. The van der Waals surface area contributed by atoms with Gasteiger partial charge < -0.3 is 24.4 Å². The van der Waals surface area contributed by atoms with Crippen LogP contribution in [0.2, 0.25) is 0 Å². The molecular weight excluding hydrogens is 540 g/mol. The van der Waals surface area contributed by atoms with E-state index >= 15 is 0 Å². The molecule has 5 rings (SSSR count). The summed E-state index contributed by atoms with van der Waals surface area (Å²) >= 11 is 0. The number of ketones is 1. The number of ether oxygens (including phenoxy) is 2. The number of benzene rings is 3. The predicted octanol–water partition coefficient (Wildman–Crippen LogP) is 3.40. The van der Waals surface area contributed by atoms with Gasteiger partial charge in [0.25, 0.3) is 5.91 Å². The maximum Gasteiger partial charge on any atom is 0.295 e. The minimum atomic E-state index is -0.726. The molecule has 3 aromatic carbocycles. The summed E-state index contributed by atoms with van der Waals surface area (Å²) in [6.45, 7) is 13.3. The number of quaternary nitrogens is 1. The van der Waals surface area contributed by atoms with Crippen molar-refractivity contribution < 1.29 is 29.1 Å². The van der Waals surface area contributed by atoms with E-state index in [1.807, 2.05) is 61.5 Å². The van der Waals surface area contributed by atoms with E-state index in [9.17, 15) is 14.7 Å². The Hall–Kier alpha value is -3.94. The van der Waals surface area contributed by atoms with Gasteiger partial charge in [0.2, 0.25) is 5.78 Å². The smallest absolute Gasteiger partial charge is 0.295 e. The molecule has 0 saturated carbocycles. The van der Waals surface area contributed by atoms with Crippen molar-refractivity contribution in [3.63, 3.8) is 0 Å². The van der Waals surface area contributed by atoms with Crippen LogP contribution in [0, 0.1) is 6.92 Å². The molecule has 226 valence electrons. The summed E-state index contributed by atoms with van der Waals surface area (Å²) in [7, 11) is 0. The number of amides is 1. The molecule has 0 aromatic heterocycles. The molecule has 3 aromatic rings. The van der Waals surface area contributed by atoms with Crippen molar-refractivity contribution in [3.05, 3.63) is 106 Å². The number of hydrogen-bond acceptors (Lipinski definition) is 5. The average molecular weight is 583 g/mol. The first kappa shape index (κ1) is 30.5. The molecule has 2 aliphatic rings. The maximum atomic E-state index is 14.0. The van der Waals surface area contributed by atoms with Crippen molar-refractivity contribution in [2.45, 2.75) is 52.2 Å². The van der Waals surface area contributed by atoms with E-state index in [1.165, 1.54) is 4.90 Å². The van der Waals surface area contributed by atoms with Crippen LogP contribution >= 0.6 is 0 Å². The first-order chi connectivity index (χ1) is 20.6. The number of nitrogens with one attached hydrogen (secondary N) is 1. The molecule has 0 spiro atoms. The van der Waals surface area contributed by atoms with Crippen molar-refractivity contribution >= 4 is 17.4 Å². The Balaban J connectivity index is 1.44. The number of morpholine rings is 1. The molecule has 0 radical (unpaired) electrons. The number of carbonyl (C=O) groups excluding carboxylic acids is 2. The number of aryl methyl sites for hydroxylation is 1. The Morgan fingerprint density at radius 3 is 2.35 bits per heavy atom. The zero-order valence-electron chi connectivity index (χ0n) is 25.7. The van der Waals surface area contributed by atoms with Crippen LogP contribution in [0.5, 0.6) is 5.75 Å². The fourth-order valence-electron chi connectivity index (χ4n) is 5.87. The van der Waals surface area contributed by atoms with Crippen molar-refractivity contribution in [3.8, 4) is 5.75 Å². The van der Waals surface area contributed by atoms with Gasteiger partial charge in [-0.05, 0) is 52.3 Å². The van der Waals surface area contributed by atoms with Gasteiger partial charge in [-0.25, -0.2) is 0 Å². The Morgan fingerprint density at radius 2 is 1.70 bits per heavy atom. The Labute approximate surface area is 254 Å². The molecule has 0 bridgehead atoms. The molecule has 1 N–H and O–H groups in total. The van der Waals surface area contributed by atoms with Gasteiger partial charge in [-0.2, -0.15) is 0 Å². The second-order valence-corrected chi connectivity index (χ2v) is 12.6. The van der Waals surface area contributed by atoms with E-state index in [1.54, 1.807) is 23.1 Å². The fourth-order valence-corrected chi connectivity index (χ4v) is 5.87. The van der Waals surface area contributed by atoms with Gasteiger partial charge in [-0.1, -0.05) is 87.2 Å². The SMILES string of the molecule is Cc1cc(C([O-])=C2C(=O)C(=O)N(CCC[NH+]3CCOCC3)C2c2ccc(C(C)(C)C)cc2)ccc1OCc1ccccc1. The van der Waals surface area contributed by atoms with E-state index in [0.717, 1.165) is 61.5 Å². The average Bonchev–Trinajstić information content (AvgIpc) is 3.26. The molecule has 1 atom stereocenters. The lowest BCUT2D eigenvalue weighted by molar-refractivity contribution is -0.908. The Bertz CT molecular complexity index is 1470. The highest BCUT2D eigenvalue weighted by atomic mass is 16.5. The van der Waals surface area contributed by atoms with Crippen molar-refractivity contribution in [1.82, 2.24) is 4.90 Å². The fraction of sp³-hybridized carbons (Fsp3) is 0.389. The van der Waals surface area contributed by atoms with E-state index in [-0.39, 0.29) is 11.0 Å². The third-order valence-electron chi connectivity index (χ3n) is 8.43. The molecule has 7 heteroatoms. The van der Waals surface area contributed by atoms with Gasteiger partial charge >= 0.3 is 0 Å². The van der Waals surface area contributed by atoms with Gasteiger partial charge in [-0.15, -0.1) is 0 Å². The molecule has 2 fully saturated rings. The summed E-state index contributed by atoms with van der Waals surface area (Å²) in [6.07, 6.45) is 0.735.